The first-order valence-corrected chi connectivity index (χ1v) is 7.20. The minimum atomic E-state index is 0.644. The third-order valence-corrected chi connectivity index (χ3v) is 3.29. The highest BCUT2D eigenvalue weighted by atomic mass is 35.5. The zero-order valence-electron chi connectivity index (χ0n) is 11.6. The van der Waals surface area contributed by atoms with Crippen LogP contribution in [0.5, 0.6) is 0 Å². The Balaban J connectivity index is 1.93. The van der Waals surface area contributed by atoms with Gasteiger partial charge in [-0.2, -0.15) is 0 Å². The van der Waals surface area contributed by atoms with Gasteiger partial charge in [-0.3, -0.25) is 0 Å². The topological polar surface area (TPSA) is 49.8 Å². The summed E-state index contributed by atoms with van der Waals surface area (Å²) in [5, 5.41) is 7.29. The molecule has 1 aromatic carbocycles. The first-order valence-electron chi connectivity index (χ1n) is 6.83. The molecule has 0 saturated carbocycles. The van der Waals surface area contributed by atoms with Crippen molar-refractivity contribution in [2.75, 3.05) is 17.2 Å². The smallest absolute Gasteiger partial charge is 0.131 e. The molecule has 0 aliphatic heterocycles. The van der Waals surface area contributed by atoms with Gasteiger partial charge in [0, 0.05) is 24.2 Å². The van der Waals surface area contributed by atoms with Crippen molar-refractivity contribution < 1.29 is 0 Å². The molecule has 0 aliphatic carbocycles. The van der Waals surface area contributed by atoms with E-state index in [0.29, 0.717) is 6.54 Å². The van der Waals surface area contributed by atoms with Crippen molar-refractivity contribution in [2.45, 2.75) is 26.3 Å². The number of aromatic nitrogens is 2. The number of nitrogens with zero attached hydrogens (tertiary/aromatic N) is 2. The summed E-state index contributed by atoms with van der Waals surface area (Å²) >= 11 is 6.12. The van der Waals surface area contributed by atoms with E-state index in [-0.39, 0.29) is 0 Å². The van der Waals surface area contributed by atoms with E-state index < -0.39 is 0 Å². The highest BCUT2D eigenvalue weighted by Gasteiger charge is 2.01. The van der Waals surface area contributed by atoms with Gasteiger partial charge >= 0.3 is 0 Å². The fraction of sp³-hybridized carbons (Fsp3) is 0.333. The Bertz CT molecular complexity index is 545. The lowest BCUT2D eigenvalue weighted by atomic mass is 10.2. The molecule has 20 heavy (non-hydrogen) atoms. The number of benzene rings is 1. The Labute approximate surface area is 124 Å². The lowest BCUT2D eigenvalue weighted by molar-refractivity contribution is 0.830. The van der Waals surface area contributed by atoms with Crippen LogP contribution in [0.15, 0.2) is 36.7 Å². The summed E-state index contributed by atoms with van der Waals surface area (Å²) in [6.07, 6.45) is 3.85. The van der Waals surface area contributed by atoms with Crippen LogP contribution in [0, 0.1) is 0 Å². The molecule has 2 aromatic rings. The number of hydrogen-bond donors (Lipinski definition) is 2. The molecule has 0 amide bonds. The van der Waals surface area contributed by atoms with Crippen LogP contribution in [0.25, 0.3) is 0 Å². The van der Waals surface area contributed by atoms with Crippen molar-refractivity contribution in [1.82, 2.24) is 9.97 Å². The van der Waals surface area contributed by atoms with Crippen LogP contribution in [-0.2, 0) is 6.54 Å². The average Bonchev–Trinajstić information content (AvgIpc) is 2.47. The second-order valence-electron chi connectivity index (χ2n) is 4.51. The molecular weight excluding hydrogens is 272 g/mol. The van der Waals surface area contributed by atoms with Gasteiger partial charge in [-0.05, 0) is 18.1 Å². The molecular formula is C15H19ClN4. The fourth-order valence-electron chi connectivity index (χ4n) is 1.77. The minimum absolute atomic E-state index is 0.644. The number of unbranched alkanes of at least 4 members (excludes halogenated alkanes) is 1. The molecule has 0 saturated heterocycles. The lowest BCUT2D eigenvalue weighted by Crippen LogP contribution is -2.06. The van der Waals surface area contributed by atoms with E-state index in [2.05, 4.69) is 27.5 Å². The Morgan fingerprint density at radius 3 is 2.60 bits per heavy atom. The minimum Gasteiger partial charge on any atom is -0.370 e. The predicted molar refractivity (Wildman–Crippen MR) is 84.2 cm³/mol. The molecule has 1 aromatic heterocycles. The summed E-state index contributed by atoms with van der Waals surface area (Å²) in [4.78, 5) is 8.40. The second kappa shape index (κ2) is 7.70. The molecule has 0 aliphatic rings. The number of anilines is 2. The standard InChI is InChI=1S/C15H19ClN4/c1-2-3-8-17-14-9-15(20-11-19-14)18-10-12-6-4-5-7-13(12)16/h4-7,9,11H,2-3,8,10H2,1H3,(H2,17,18,19,20). The van der Waals surface area contributed by atoms with Crippen molar-refractivity contribution in [3.05, 3.63) is 47.2 Å². The van der Waals surface area contributed by atoms with Gasteiger partial charge in [0.05, 0.1) is 0 Å². The molecule has 4 nitrogen and oxygen atoms in total. The van der Waals surface area contributed by atoms with Gasteiger partial charge in [0.25, 0.3) is 0 Å². The first-order chi connectivity index (χ1) is 9.79. The molecule has 2 N–H and O–H groups in total. The number of hydrogen-bond acceptors (Lipinski definition) is 4. The van der Waals surface area contributed by atoms with E-state index in [1.165, 1.54) is 0 Å². The zero-order valence-corrected chi connectivity index (χ0v) is 12.3. The summed E-state index contributed by atoms with van der Waals surface area (Å²) in [5.74, 6) is 1.63. The molecule has 0 radical (unpaired) electrons. The van der Waals surface area contributed by atoms with Crippen molar-refractivity contribution in [2.24, 2.45) is 0 Å². The van der Waals surface area contributed by atoms with Crippen molar-refractivity contribution >= 4 is 23.2 Å². The van der Waals surface area contributed by atoms with Gasteiger partial charge in [0.1, 0.15) is 18.0 Å². The SMILES string of the molecule is CCCCNc1cc(NCc2ccccc2Cl)ncn1. The number of halogens is 1. The van der Waals surface area contributed by atoms with Gasteiger partial charge in [-0.1, -0.05) is 43.1 Å². The third-order valence-electron chi connectivity index (χ3n) is 2.92. The van der Waals surface area contributed by atoms with Crippen LogP contribution in [0.3, 0.4) is 0 Å². The van der Waals surface area contributed by atoms with E-state index in [9.17, 15) is 0 Å². The summed E-state index contributed by atoms with van der Waals surface area (Å²) in [7, 11) is 0. The molecule has 2 rings (SSSR count). The first kappa shape index (κ1) is 14.6. The molecule has 0 bridgehead atoms. The largest absolute Gasteiger partial charge is 0.370 e. The monoisotopic (exact) mass is 290 g/mol. The molecule has 0 spiro atoms. The van der Waals surface area contributed by atoms with Gasteiger partial charge in [-0.15, -0.1) is 0 Å². The Kier molecular flexibility index (Phi) is 5.62. The Hall–Kier alpha value is -1.81. The Morgan fingerprint density at radius 1 is 1.10 bits per heavy atom. The molecule has 0 unspecified atom stereocenters. The third kappa shape index (κ3) is 4.38. The molecule has 0 atom stereocenters. The van der Waals surface area contributed by atoms with Crippen molar-refractivity contribution in [1.29, 1.82) is 0 Å². The quantitative estimate of drug-likeness (QED) is 0.758. The van der Waals surface area contributed by atoms with E-state index in [4.69, 9.17) is 11.6 Å². The van der Waals surface area contributed by atoms with Crippen LogP contribution in [0.2, 0.25) is 5.02 Å². The maximum Gasteiger partial charge on any atom is 0.131 e. The molecule has 106 valence electrons. The Morgan fingerprint density at radius 2 is 1.85 bits per heavy atom. The number of nitrogens with one attached hydrogen (secondary N) is 2. The molecule has 1 heterocycles. The molecule has 0 fully saturated rings. The van der Waals surface area contributed by atoms with E-state index in [1.54, 1.807) is 6.33 Å². The maximum atomic E-state index is 6.12. The van der Waals surface area contributed by atoms with Crippen LogP contribution in [-0.4, -0.2) is 16.5 Å². The van der Waals surface area contributed by atoms with Gasteiger partial charge < -0.3 is 10.6 Å². The van der Waals surface area contributed by atoms with Crippen molar-refractivity contribution in [3.8, 4) is 0 Å². The lowest BCUT2D eigenvalue weighted by Gasteiger charge is -2.09. The van der Waals surface area contributed by atoms with Gasteiger partial charge in [0.2, 0.25) is 0 Å². The maximum absolute atomic E-state index is 6.12. The van der Waals surface area contributed by atoms with E-state index in [1.807, 2.05) is 30.3 Å². The molecule has 5 heteroatoms. The predicted octanol–water partition coefficient (Wildman–Crippen LogP) is 3.95. The highest BCUT2D eigenvalue weighted by Crippen LogP contribution is 2.17. The van der Waals surface area contributed by atoms with Crippen LogP contribution >= 0.6 is 11.6 Å². The van der Waals surface area contributed by atoms with Gasteiger partial charge in [-0.25, -0.2) is 9.97 Å². The highest BCUT2D eigenvalue weighted by molar-refractivity contribution is 6.31. The summed E-state index contributed by atoms with van der Waals surface area (Å²) < 4.78 is 0. The summed E-state index contributed by atoms with van der Waals surface area (Å²) in [6, 6.07) is 9.69. The zero-order chi connectivity index (χ0) is 14.2. The second-order valence-corrected chi connectivity index (χ2v) is 4.92. The van der Waals surface area contributed by atoms with E-state index >= 15 is 0 Å². The summed E-state index contributed by atoms with van der Waals surface area (Å²) in [5.41, 5.74) is 1.05. The number of rotatable bonds is 7. The van der Waals surface area contributed by atoms with Gasteiger partial charge in [0.15, 0.2) is 0 Å². The normalized spacial score (nSPS) is 10.3. The van der Waals surface area contributed by atoms with Crippen molar-refractivity contribution in [3.63, 3.8) is 0 Å². The van der Waals surface area contributed by atoms with Crippen LogP contribution in [0.1, 0.15) is 25.3 Å². The fourth-order valence-corrected chi connectivity index (χ4v) is 1.97. The van der Waals surface area contributed by atoms with Crippen LogP contribution < -0.4 is 10.6 Å². The van der Waals surface area contributed by atoms with Crippen LogP contribution in [0.4, 0.5) is 11.6 Å². The summed E-state index contributed by atoms with van der Waals surface area (Å²) in [6.45, 7) is 3.74. The average molecular weight is 291 g/mol. The van der Waals surface area contributed by atoms with E-state index in [0.717, 1.165) is 41.6 Å².